The van der Waals surface area contributed by atoms with Crippen LogP contribution in [0, 0.1) is 0 Å². The number of allylic oxidation sites excluding steroid dienone is 4. The summed E-state index contributed by atoms with van der Waals surface area (Å²) in [5.74, 6) is -0.308. The SMILES string of the molecule is O=C1C=CC(=O)C(c2ncco2)=C1. The Balaban J connectivity index is 2.44. The summed E-state index contributed by atoms with van der Waals surface area (Å²) >= 11 is 0. The maximum atomic E-state index is 11.2. The molecule has 0 amide bonds. The lowest BCUT2D eigenvalue weighted by Crippen LogP contribution is -2.06. The first-order valence-electron chi connectivity index (χ1n) is 3.65. The molecule has 0 spiro atoms. The van der Waals surface area contributed by atoms with Crippen molar-refractivity contribution in [3.8, 4) is 0 Å². The van der Waals surface area contributed by atoms with Gasteiger partial charge < -0.3 is 4.42 Å². The summed E-state index contributed by atoms with van der Waals surface area (Å²) in [6, 6.07) is 0. The molecule has 0 N–H and O–H groups in total. The monoisotopic (exact) mass is 175 g/mol. The van der Waals surface area contributed by atoms with Gasteiger partial charge in [0.05, 0.1) is 11.8 Å². The Morgan fingerprint density at radius 1 is 1.23 bits per heavy atom. The third-order valence-electron chi connectivity index (χ3n) is 1.61. The van der Waals surface area contributed by atoms with E-state index in [0.29, 0.717) is 0 Å². The molecule has 1 aliphatic rings. The molecule has 64 valence electrons. The summed E-state index contributed by atoms with van der Waals surface area (Å²) in [6.07, 6.45) is 6.42. The van der Waals surface area contributed by atoms with E-state index in [0.717, 1.165) is 0 Å². The highest BCUT2D eigenvalue weighted by Gasteiger charge is 2.18. The van der Waals surface area contributed by atoms with Crippen molar-refractivity contribution in [2.24, 2.45) is 0 Å². The molecule has 0 atom stereocenters. The minimum Gasteiger partial charge on any atom is -0.444 e. The highest BCUT2D eigenvalue weighted by atomic mass is 16.3. The Hall–Kier alpha value is -1.97. The largest absolute Gasteiger partial charge is 0.444 e. The molecular weight excluding hydrogens is 170 g/mol. The summed E-state index contributed by atoms with van der Waals surface area (Å²) in [5.41, 5.74) is 0.206. The quantitative estimate of drug-likeness (QED) is 0.591. The van der Waals surface area contributed by atoms with Gasteiger partial charge in [-0.1, -0.05) is 0 Å². The van der Waals surface area contributed by atoms with Crippen LogP contribution in [0.1, 0.15) is 5.89 Å². The molecule has 2 rings (SSSR count). The minimum atomic E-state index is -0.262. The van der Waals surface area contributed by atoms with Gasteiger partial charge >= 0.3 is 0 Å². The lowest BCUT2D eigenvalue weighted by atomic mass is 10.0. The lowest BCUT2D eigenvalue weighted by Gasteiger charge is -2.00. The molecule has 4 heteroatoms. The first-order chi connectivity index (χ1) is 6.27. The molecule has 0 saturated carbocycles. The zero-order valence-corrected chi connectivity index (χ0v) is 6.56. The number of hydrogen-bond acceptors (Lipinski definition) is 4. The van der Waals surface area contributed by atoms with Gasteiger partial charge in [0.2, 0.25) is 5.89 Å². The Labute approximate surface area is 73.6 Å². The van der Waals surface area contributed by atoms with Crippen LogP contribution in [0.4, 0.5) is 0 Å². The van der Waals surface area contributed by atoms with Crippen molar-refractivity contribution >= 4 is 17.1 Å². The smallest absolute Gasteiger partial charge is 0.229 e. The third kappa shape index (κ3) is 1.33. The summed E-state index contributed by atoms with van der Waals surface area (Å²) < 4.78 is 4.91. The zero-order chi connectivity index (χ0) is 9.26. The second-order valence-corrected chi connectivity index (χ2v) is 2.50. The average Bonchev–Trinajstić information content (AvgIpc) is 2.61. The Kier molecular flexibility index (Phi) is 1.66. The van der Waals surface area contributed by atoms with Gasteiger partial charge in [0, 0.05) is 6.08 Å². The fourth-order valence-electron chi connectivity index (χ4n) is 1.03. The van der Waals surface area contributed by atoms with Gasteiger partial charge in [-0.15, -0.1) is 0 Å². The van der Waals surface area contributed by atoms with E-state index >= 15 is 0 Å². The molecule has 0 unspecified atom stereocenters. The fraction of sp³-hybridized carbons (Fsp3) is 0. The van der Waals surface area contributed by atoms with Gasteiger partial charge in [0.25, 0.3) is 0 Å². The van der Waals surface area contributed by atoms with E-state index in [1.807, 2.05) is 0 Å². The van der Waals surface area contributed by atoms with Crippen LogP contribution in [0.2, 0.25) is 0 Å². The van der Waals surface area contributed by atoms with E-state index in [2.05, 4.69) is 4.98 Å². The van der Waals surface area contributed by atoms with Crippen molar-refractivity contribution in [1.82, 2.24) is 4.98 Å². The molecular formula is C9H5NO3. The Morgan fingerprint density at radius 3 is 2.77 bits per heavy atom. The summed E-state index contributed by atoms with van der Waals surface area (Å²) in [7, 11) is 0. The van der Waals surface area contributed by atoms with Gasteiger partial charge in [-0.25, -0.2) is 4.98 Å². The van der Waals surface area contributed by atoms with Crippen LogP contribution in [0.25, 0.3) is 5.57 Å². The number of oxazole rings is 1. The van der Waals surface area contributed by atoms with Crippen molar-refractivity contribution in [3.05, 3.63) is 36.6 Å². The van der Waals surface area contributed by atoms with Gasteiger partial charge in [-0.2, -0.15) is 0 Å². The zero-order valence-electron chi connectivity index (χ0n) is 6.56. The second-order valence-electron chi connectivity index (χ2n) is 2.50. The van der Waals surface area contributed by atoms with E-state index in [1.54, 1.807) is 0 Å². The third-order valence-corrected chi connectivity index (χ3v) is 1.61. The fourth-order valence-corrected chi connectivity index (χ4v) is 1.03. The highest BCUT2D eigenvalue weighted by Crippen LogP contribution is 2.16. The average molecular weight is 175 g/mol. The van der Waals surface area contributed by atoms with Crippen LogP contribution in [0.15, 0.2) is 35.1 Å². The number of rotatable bonds is 1. The highest BCUT2D eigenvalue weighted by molar-refractivity contribution is 6.33. The van der Waals surface area contributed by atoms with Gasteiger partial charge in [-0.3, -0.25) is 9.59 Å². The Bertz CT molecular complexity index is 412. The molecule has 1 heterocycles. The van der Waals surface area contributed by atoms with Crippen LogP contribution in [-0.2, 0) is 9.59 Å². The van der Waals surface area contributed by atoms with Crippen molar-refractivity contribution in [3.63, 3.8) is 0 Å². The molecule has 0 aliphatic heterocycles. The molecule has 0 bridgehead atoms. The van der Waals surface area contributed by atoms with Crippen molar-refractivity contribution in [1.29, 1.82) is 0 Å². The number of ketones is 2. The van der Waals surface area contributed by atoms with Gasteiger partial charge in [0.1, 0.15) is 6.26 Å². The van der Waals surface area contributed by atoms with Crippen LogP contribution >= 0.6 is 0 Å². The summed E-state index contributed by atoms with van der Waals surface area (Å²) in [5, 5.41) is 0. The molecule has 1 aromatic rings. The topological polar surface area (TPSA) is 60.2 Å². The Morgan fingerprint density at radius 2 is 2.08 bits per heavy atom. The van der Waals surface area contributed by atoms with E-state index < -0.39 is 0 Å². The van der Waals surface area contributed by atoms with Crippen LogP contribution in [0.5, 0.6) is 0 Å². The maximum absolute atomic E-state index is 11.2. The van der Waals surface area contributed by atoms with Crippen molar-refractivity contribution in [2.75, 3.05) is 0 Å². The van der Waals surface area contributed by atoms with Crippen molar-refractivity contribution in [2.45, 2.75) is 0 Å². The number of carbonyl (C=O) groups excluding carboxylic acids is 2. The molecule has 4 nitrogen and oxygen atoms in total. The molecule has 0 fully saturated rings. The first kappa shape index (κ1) is 7.67. The van der Waals surface area contributed by atoms with Gasteiger partial charge in [-0.05, 0) is 12.2 Å². The predicted octanol–water partition coefficient (Wildman–Crippen LogP) is 0.766. The normalized spacial score (nSPS) is 16.2. The van der Waals surface area contributed by atoms with Crippen LogP contribution in [0.3, 0.4) is 0 Å². The van der Waals surface area contributed by atoms with E-state index in [9.17, 15) is 9.59 Å². The summed E-state index contributed by atoms with van der Waals surface area (Å²) in [4.78, 5) is 25.9. The molecule has 0 radical (unpaired) electrons. The molecule has 1 aromatic heterocycles. The van der Waals surface area contributed by atoms with E-state index in [1.165, 1.54) is 30.7 Å². The number of carbonyl (C=O) groups is 2. The van der Waals surface area contributed by atoms with E-state index in [4.69, 9.17) is 4.42 Å². The molecule has 1 aliphatic carbocycles. The van der Waals surface area contributed by atoms with E-state index in [-0.39, 0.29) is 23.0 Å². The van der Waals surface area contributed by atoms with Crippen LogP contribution in [-0.4, -0.2) is 16.6 Å². The first-order valence-corrected chi connectivity index (χ1v) is 3.65. The standard InChI is InChI=1S/C9H5NO3/c11-6-1-2-8(12)7(5-6)9-10-3-4-13-9/h1-5H. The maximum Gasteiger partial charge on any atom is 0.229 e. The summed E-state index contributed by atoms with van der Waals surface area (Å²) in [6.45, 7) is 0. The van der Waals surface area contributed by atoms with Gasteiger partial charge in [0.15, 0.2) is 11.6 Å². The molecule has 13 heavy (non-hydrogen) atoms. The number of hydrogen-bond donors (Lipinski definition) is 0. The molecule has 0 aromatic carbocycles. The second kappa shape index (κ2) is 2.82. The number of aromatic nitrogens is 1. The number of nitrogens with zero attached hydrogens (tertiary/aromatic N) is 1. The predicted molar refractivity (Wildman–Crippen MR) is 43.6 cm³/mol. The van der Waals surface area contributed by atoms with Crippen molar-refractivity contribution < 1.29 is 14.0 Å². The minimum absolute atomic E-state index is 0.183. The molecule has 0 saturated heterocycles. The lowest BCUT2D eigenvalue weighted by molar-refractivity contribution is -0.113. The van der Waals surface area contributed by atoms with Crippen LogP contribution < -0.4 is 0 Å².